The van der Waals surface area contributed by atoms with E-state index in [1.165, 1.54) is 0 Å². The Balaban J connectivity index is 2.21. The number of hydrogen-bond acceptors (Lipinski definition) is 5. The molecule has 2 N–H and O–H groups in total. The maximum Gasteiger partial charge on any atom is 0.332 e. The molecule has 3 unspecified atom stereocenters. The predicted octanol–water partition coefficient (Wildman–Crippen LogP) is 2.89. The van der Waals surface area contributed by atoms with Crippen LogP contribution in [0.5, 0.6) is 0 Å². The number of aliphatic hydroxyl groups is 2. The molecule has 0 aromatic rings. The smallest absolute Gasteiger partial charge is 0.332 e. The molecule has 0 aromatic carbocycles. The lowest BCUT2D eigenvalue weighted by Crippen LogP contribution is -2.63. The number of aliphatic hydroxyl groups excluding tert-OH is 2. The SMILES string of the molecule is C=C[C@@]1(C)C[C@@H](OC(=O)CO)[C@@]2(C)C3C(=O)CCC3(CC[C@H]2C)[C@H](C)C1O. The van der Waals surface area contributed by atoms with Gasteiger partial charge in [-0.25, -0.2) is 4.79 Å². The van der Waals surface area contributed by atoms with Crippen LogP contribution in [0.4, 0.5) is 0 Å². The molecule has 3 rings (SSSR count). The fraction of sp³-hybridized carbons (Fsp3) is 0.818. The minimum absolute atomic E-state index is 0.0433. The van der Waals surface area contributed by atoms with Crippen LogP contribution in [0, 0.1) is 34.0 Å². The van der Waals surface area contributed by atoms with Crippen molar-refractivity contribution in [1.29, 1.82) is 0 Å². The Kier molecular flexibility index (Phi) is 5.09. The fourth-order valence-electron chi connectivity index (χ4n) is 6.70. The lowest BCUT2D eigenvalue weighted by Gasteiger charge is -2.61. The first kappa shape index (κ1) is 20.5. The van der Waals surface area contributed by atoms with Gasteiger partial charge in [-0.3, -0.25) is 4.79 Å². The van der Waals surface area contributed by atoms with Crippen LogP contribution < -0.4 is 0 Å². The summed E-state index contributed by atoms with van der Waals surface area (Å²) >= 11 is 0. The third-order valence-electron chi connectivity index (χ3n) is 8.70. The topological polar surface area (TPSA) is 83.8 Å². The molecule has 0 aliphatic heterocycles. The maximum atomic E-state index is 13.1. The highest BCUT2D eigenvalue weighted by atomic mass is 16.6. The number of hydrogen-bond donors (Lipinski definition) is 2. The van der Waals surface area contributed by atoms with Gasteiger partial charge in [0, 0.05) is 23.2 Å². The number of ether oxygens (including phenoxy) is 1. The van der Waals surface area contributed by atoms with E-state index in [0.717, 1.165) is 19.3 Å². The molecule has 0 saturated heterocycles. The van der Waals surface area contributed by atoms with Gasteiger partial charge in [-0.05, 0) is 42.9 Å². The van der Waals surface area contributed by atoms with Gasteiger partial charge >= 0.3 is 5.97 Å². The second kappa shape index (κ2) is 6.70. The zero-order valence-electron chi connectivity index (χ0n) is 17.0. The Bertz CT molecular complexity index is 645. The number of carbonyl (C=O) groups excluding carboxylic acids is 2. The third kappa shape index (κ3) is 2.72. The van der Waals surface area contributed by atoms with Crippen molar-refractivity contribution in [3.63, 3.8) is 0 Å². The molecule has 0 aromatic heterocycles. The van der Waals surface area contributed by atoms with Crippen LogP contribution >= 0.6 is 0 Å². The normalized spacial score (nSPS) is 49.7. The van der Waals surface area contributed by atoms with Crippen molar-refractivity contribution in [1.82, 2.24) is 0 Å². The molecule has 2 bridgehead atoms. The van der Waals surface area contributed by atoms with Gasteiger partial charge in [0.25, 0.3) is 0 Å². The molecule has 152 valence electrons. The van der Waals surface area contributed by atoms with Crippen molar-refractivity contribution < 1.29 is 24.5 Å². The summed E-state index contributed by atoms with van der Waals surface area (Å²) in [6.45, 7) is 11.5. The first-order chi connectivity index (χ1) is 12.6. The Hall–Kier alpha value is -1.20. The minimum atomic E-state index is -0.686. The molecule has 0 heterocycles. The Labute approximate surface area is 162 Å². The second-order valence-corrected chi connectivity index (χ2v) is 9.72. The third-order valence-corrected chi connectivity index (χ3v) is 8.70. The molecule has 8 atom stereocenters. The summed E-state index contributed by atoms with van der Waals surface area (Å²) < 4.78 is 5.77. The maximum absolute atomic E-state index is 13.1. The quantitative estimate of drug-likeness (QED) is 0.583. The van der Waals surface area contributed by atoms with Crippen LogP contribution in [0.25, 0.3) is 0 Å². The summed E-state index contributed by atoms with van der Waals surface area (Å²) in [5.41, 5.74) is -1.43. The zero-order chi connectivity index (χ0) is 20.2. The number of carbonyl (C=O) groups is 2. The van der Waals surface area contributed by atoms with E-state index in [2.05, 4.69) is 27.4 Å². The van der Waals surface area contributed by atoms with Gasteiger partial charge in [-0.15, -0.1) is 6.58 Å². The Morgan fingerprint density at radius 1 is 1.33 bits per heavy atom. The zero-order valence-corrected chi connectivity index (χ0v) is 17.0. The average Bonchev–Trinajstić information content (AvgIpc) is 3.00. The fourth-order valence-corrected chi connectivity index (χ4v) is 6.70. The number of esters is 1. The van der Waals surface area contributed by atoms with E-state index < -0.39 is 35.6 Å². The van der Waals surface area contributed by atoms with E-state index >= 15 is 0 Å². The van der Waals surface area contributed by atoms with Crippen molar-refractivity contribution in [2.45, 2.75) is 72.0 Å². The second-order valence-electron chi connectivity index (χ2n) is 9.72. The standard InChI is InChI=1S/C22H34O5/c1-6-20(4)11-16(27-17(25)12-23)21(5)13(2)7-9-22(14(3)19(20)26)10-8-15(24)18(21)22/h6,13-14,16,18-19,23,26H,1,7-12H2,2-5H3/t13-,14-,16-,18?,19?,20+,21+,22?/m1/s1. The Morgan fingerprint density at radius 3 is 2.59 bits per heavy atom. The van der Waals surface area contributed by atoms with E-state index in [1.54, 1.807) is 6.08 Å². The van der Waals surface area contributed by atoms with Crippen molar-refractivity contribution in [3.8, 4) is 0 Å². The van der Waals surface area contributed by atoms with E-state index in [0.29, 0.717) is 12.8 Å². The molecule has 0 radical (unpaired) electrons. The van der Waals surface area contributed by atoms with Crippen molar-refractivity contribution in [3.05, 3.63) is 12.7 Å². The van der Waals surface area contributed by atoms with Crippen LogP contribution in [0.2, 0.25) is 0 Å². The molecule has 3 aliphatic carbocycles. The van der Waals surface area contributed by atoms with Crippen LogP contribution in [-0.2, 0) is 14.3 Å². The van der Waals surface area contributed by atoms with Crippen molar-refractivity contribution >= 4 is 11.8 Å². The average molecular weight is 379 g/mol. The highest BCUT2D eigenvalue weighted by Crippen LogP contribution is 2.67. The molecular formula is C22H34O5. The molecule has 5 nitrogen and oxygen atoms in total. The van der Waals surface area contributed by atoms with Gasteiger partial charge in [0.2, 0.25) is 0 Å². The summed E-state index contributed by atoms with van der Waals surface area (Å²) in [4.78, 5) is 25.2. The minimum Gasteiger partial charge on any atom is -0.460 e. The van der Waals surface area contributed by atoms with Gasteiger partial charge < -0.3 is 14.9 Å². The first-order valence-corrected chi connectivity index (χ1v) is 10.2. The highest BCUT2D eigenvalue weighted by Gasteiger charge is 2.68. The molecule has 27 heavy (non-hydrogen) atoms. The lowest BCUT2D eigenvalue weighted by molar-refractivity contribution is -0.207. The Morgan fingerprint density at radius 2 is 2.00 bits per heavy atom. The highest BCUT2D eigenvalue weighted by molar-refractivity contribution is 5.85. The number of rotatable bonds is 3. The van der Waals surface area contributed by atoms with E-state index in [4.69, 9.17) is 4.74 Å². The first-order valence-electron chi connectivity index (χ1n) is 10.2. The van der Waals surface area contributed by atoms with Crippen molar-refractivity contribution in [2.75, 3.05) is 6.61 Å². The lowest BCUT2D eigenvalue weighted by atomic mass is 9.44. The summed E-state index contributed by atoms with van der Waals surface area (Å²) in [6, 6.07) is 0. The molecular weight excluding hydrogens is 344 g/mol. The van der Waals surface area contributed by atoms with Crippen LogP contribution in [0.1, 0.15) is 59.8 Å². The molecule has 0 amide bonds. The molecule has 3 aliphatic rings. The van der Waals surface area contributed by atoms with Gasteiger partial charge in [0.15, 0.2) is 0 Å². The van der Waals surface area contributed by atoms with E-state index in [9.17, 15) is 19.8 Å². The van der Waals surface area contributed by atoms with Gasteiger partial charge in [0.05, 0.1) is 6.10 Å². The largest absolute Gasteiger partial charge is 0.460 e. The summed E-state index contributed by atoms with van der Waals surface area (Å²) in [7, 11) is 0. The predicted molar refractivity (Wildman–Crippen MR) is 102 cm³/mol. The summed E-state index contributed by atoms with van der Waals surface area (Å²) in [6.07, 6.45) is 4.10. The van der Waals surface area contributed by atoms with Gasteiger partial charge in [0.1, 0.15) is 18.5 Å². The van der Waals surface area contributed by atoms with E-state index in [1.807, 2.05) is 6.92 Å². The molecule has 3 fully saturated rings. The molecule has 3 saturated carbocycles. The van der Waals surface area contributed by atoms with E-state index in [-0.39, 0.29) is 29.0 Å². The monoisotopic (exact) mass is 378 g/mol. The summed E-state index contributed by atoms with van der Waals surface area (Å²) in [5.74, 6) is -0.520. The van der Waals surface area contributed by atoms with Crippen LogP contribution in [0.15, 0.2) is 12.7 Å². The van der Waals surface area contributed by atoms with Crippen molar-refractivity contribution in [2.24, 2.45) is 34.0 Å². The number of Topliss-reactive ketones (excluding diaryl/α,β-unsaturated/α-hetero) is 1. The van der Waals surface area contributed by atoms with Gasteiger partial charge in [-0.1, -0.05) is 33.8 Å². The van der Waals surface area contributed by atoms with Crippen LogP contribution in [0.3, 0.4) is 0 Å². The van der Waals surface area contributed by atoms with Gasteiger partial charge in [-0.2, -0.15) is 0 Å². The summed E-state index contributed by atoms with van der Waals surface area (Å²) in [5, 5.41) is 20.6. The molecule has 0 spiro atoms. The van der Waals surface area contributed by atoms with Crippen LogP contribution in [-0.4, -0.2) is 40.8 Å². The number of ketones is 1. The molecule has 5 heteroatoms.